The third kappa shape index (κ3) is 2.41. The largest absolute Gasteiger partial charge is 0.369 e. The predicted molar refractivity (Wildman–Crippen MR) is 74.6 cm³/mol. The first-order valence-electron chi connectivity index (χ1n) is 6.24. The quantitative estimate of drug-likeness (QED) is 0.751. The molecule has 0 radical (unpaired) electrons. The van der Waals surface area contributed by atoms with Crippen LogP contribution in [-0.4, -0.2) is 10.9 Å². The number of carbonyl (C=O) groups is 1. The first kappa shape index (κ1) is 13.1. The van der Waals surface area contributed by atoms with Crippen molar-refractivity contribution >= 4 is 5.78 Å². The minimum atomic E-state index is -0.747. The van der Waals surface area contributed by atoms with Gasteiger partial charge in [-0.2, -0.15) is 0 Å². The van der Waals surface area contributed by atoms with Gasteiger partial charge in [0.05, 0.1) is 5.69 Å². The summed E-state index contributed by atoms with van der Waals surface area (Å²) < 4.78 is 17.7. The van der Waals surface area contributed by atoms with Gasteiger partial charge in [0, 0.05) is 11.1 Å². The second kappa shape index (κ2) is 5.20. The minimum absolute atomic E-state index is 0.0900. The van der Waals surface area contributed by atoms with Crippen LogP contribution < -0.4 is 5.63 Å². The summed E-state index contributed by atoms with van der Waals surface area (Å²) in [4.78, 5) is 24.2. The molecular weight excluding hydrogens is 273 g/mol. The molecule has 0 aliphatic carbocycles. The van der Waals surface area contributed by atoms with E-state index in [0.717, 1.165) is 0 Å². The zero-order valence-electron chi connectivity index (χ0n) is 10.8. The highest BCUT2D eigenvalue weighted by molar-refractivity contribution is 6.11. The maximum absolute atomic E-state index is 12.9. The summed E-state index contributed by atoms with van der Waals surface area (Å²) in [5.74, 6) is -0.959. The fourth-order valence-electron chi connectivity index (χ4n) is 2.06. The molecule has 0 aliphatic rings. The number of hydrogen-bond donors (Lipinski definition) is 1. The summed E-state index contributed by atoms with van der Waals surface area (Å²) in [6.07, 6.45) is 0. The van der Waals surface area contributed by atoms with E-state index in [1.54, 1.807) is 24.3 Å². The highest BCUT2D eigenvalue weighted by atomic mass is 19.1. The number of H-pyrrole nitrogens is 1. The molecule has 0 bridgehead atoms. The molecule has 1 N–H and O–H groups in total. The van der Waals surface area contributed by atoms with Crippen LogP contribution in [0.25, 0.3) is 11.3 Å². The number of carbonyl (C=O) groups excluding carboxylic acids is 1. The molecule has 0 amide bonds. The van der Waals surface area contributed by atoms with Gasteiger partial charge in [0.15, 0.2) is 0 Å². The molecule has 21 heavy (non-hydrogen) atoms. The van der Waals surface area contributed by atoms with Crippen molar-refractivity contribution in [3.05, 3.63) is 82.0 Å². The Morgan fingerprint density at radius 3 is 2.33 bits per heavy atom. The predicted octanol–water partition coefficient (Wildman–Crippen LogP) is 3.01. The van der Waals surface area contributed by atoms with Gasteiger partial charge in [0.1, 0.15) is 11.4 Å². The summed E-state index contributed by atoms with van der Waals surface area (Å²) in [5, 5.41) is 2.47. The maximum Gasteiger partial charge on any atom is 0.369 e. The van der Waals surface area contributed by atoms with Crippen molar-refractivity contribution in [2.45, 2.75) is 0 Å². The molecule has 0 spiro atoms. The Hall–Kier alpha value is -2.95. The lowest BCUT2D eigenvalue weighted by atomic mass is 10.0. The van der Waals surface area contributed by atoms with Crippen LogP contribution in [0.3, 0.4) is 0 Å². The molecule has 1 heterocycles. The van der Waals surface area contributed by atoms with E-state index in [9.17, 15) is 14.0 Å². The molecular formula is C16H10FNO3. The van der Waals surface area contributed by atoms with Crippen LogP contribution >= 0.6 is 0 Å². The minimum Gasteiger partial charge on any atom is -0.338 e. The molecule has 3 rings (SSSR count). The molecule has 104 valence electrons. The van der Waals surface area contributed by atoms with Gasteiger partial charge < -0.3 is 4.52 Å². The van der Waals surface area contributed by atoms with Crippen molar-refractivity contribution in [2.24, 2.45) is 0 Å². The van der Waals surface area contributed by atoms with Gasteiger partial charge in [0.25, 0.3) is 0 Å². The second-order valence-electron chi connectivity index (χ2n) is 4.44. The van der Waals surface area contributed by atoms with Crippen molar-refractivity contribution < 1.29 is 13.7 Å². The Kier molecular flexibility index (Phi) is 3.23. The van der Waals surface area contributed by atoms with Gasteiger partial charge in [-0.25, -0.2) is 14.3 Å². The van der Waals surface area contributed by atoms with E-state index < -0.39 is 17.2 Å². The van der Waals surface area contributed by atoms with Crippen LogP contribution in [0.1, 0.15) is 15.9 Å². The highest BCUT2D eigenvalue weighted by Crippen LogP contribution is 2.21. The average molecular weight is 283 g/mol. The molecule has 2 aromatic carbocycles. The third-order valence-electron chi connectivity index (χ3n) is 3.10. The van der Waals surface area contributed by atoms with Crippen LogP contribution in [0.15, 0.2) is 63.9 Å². The SMILES string of the molecule is O=C(c1ccc(F)cc1)c1c(-c2ccccc2)[nH]oc1=O. The number of aromatic nitrogens is 1. The van der Waals surface area contributed by atoms with Gasteiger partial charge in [-0.15, -0.1) is 0 Å². The number of nitrogens with one attached hydrogen (secondary N) is 1. The summed E-state index contributed by atoms with van der Waals surface area (Å²) in [5.41, 5.74) is 0.361. The number of hydrogen-bond acceptors (Lipinski definition) is 3. The molecule has 0 aliphatic heterocycles. The van der Waals surface area contributed by atoms with E-state index >= 15 is 0 Å². The molecule has 0 unspecified atom stereocenters. The fraction of sp³-hybridized carbons (Fsp3) is 0. The van der Waals surface area contributed by atoms with Gasteiger partial charge in [-0.3, -0.25) is 4.79 Å². The van der Waals surface area contributed by atoms with E-state index in [1.165, 1.54) is 24.3 Å². The van der Waals surface area contributed by atoms with E-state index in [1.807, 2.05) is 6.07 Å². The Morgan fingerprint density at radius 2 is 1.67 bits per heavy atom. The normalized spacial score (nSPS) is 10.5. The van der Waals surface area contributed by atoms with Crippen molar-refractivity contribution in [2.75, 3.05) is 0 Å². The second-order valence-corrected chi connectivity index (χ2v) is 4.44. The maximum atomic E-state index is 12.9. The summed E-state index contributed by atoms with van der Waals surface area (Å²) in [7, 11) is 0. The van der Waals surface area contributed by atoms with Gasteiger partial charge in [0.2, 0.25) is 5.78 Å². The zero-order chi connectivity index (χ0) is 14.8. The van der Waals surface area contributed by atoms with Crippen LogP contribution in [0.2, 0.25) is 0 Å². The molecule has 0 fully saturated rings. The highest BCUT2D eigenvalue weighted by Gasteiger charge is 2.22. The number of halogens is 1. The van der Waals surface area contributed by atoms with Crippen molar-refractivity contribution in [3.8, 4) is 11.3 Å². The van der Waals surface area contributed by atoms with E-state index in [-0.39, 0.29) is 11.1 Å². The molecule has 5 heteroatoms. The Labute approximate surface area is 118 Å². The lowest BCUT2D eigenvalue weighted by molar-refractivity contribution is 0.103. The van der Waals surface area contributed by atoms with Crippen LogP contribution in [0.5, 0.6) is 0 Å². The Bertz CT molecular complexity index is 832. The topological polar surface area (TPSA) is 63.1 Å². The van der Waals surface area contributed by atoms with Crippen LogP contribution in [-0.2, 0) is 0 Å². The molecule has 0 atom stereocenters. The number of benzene rings is 2. The smallest absolute Gasteiger partial charge is 0.338 e. The number of rotatable bonds is 3. The zero-order valence-corrected chi connectivity index (χ0v) is 10.8. The first-order valence-corrected chi connectivity index (χ1v) is 6.24. The summed E-state index contributed by atoms with van der Waals surface area (Å²) >= 11 is 0. The Morgan fingerprint density at radius 1 is 1.00 bits per heavy atom. The summed E-state index contributed by atoms with van der Waals surface area (Å²) in [6, 6.07) is 13.9. The molecule has 4 nitrogen and oxygen atoms in total. The molecule has 3 aromatic rings. The molecule has 0 saturated heterocycles. The monoisotopic (exact) mass is 283 g/mol. The lowest BCUT2D eigenvalue weighted by Gasteiger charge is -2.01. The van der Waals surface area contributed by atoms with Crippen molar-refractivity contribution in [3.63, 3.8) is 0 Å². The van der Waals surface area contributed by atoms with Crippen molar-refractivity contribution in [1.29, 1.82) is 0 Å². The van der Waals surface area contributed by atoms with Crippen molar-refractivity contribution in [1.82, 2.24) is 5.16 Å². The van der Waals surface area contributed by atoms with Crippen LogP contribution in [0.4, 0.5) is 4.39 Å². The average Bonchev–Trinajstić information content (AvgIpc) is 2.90. The summed E-state index contributed by atoms with van der Waals surface area (Å²) in [6.45, 7) is 0. The van der Waals surface area contributed by atoms with Gasteiger partial charge in [-0.1, -0.05) is 30.3 Å². The third-order valence-corrected chi connectivity index (χ3v) is 3.10. The van der Waals surface area contributed by atoms with E-state index in [4.69, 9.17) is 4.52 Å². The number of ketones is 1. The first-order chi connectivity index (χ1) is 10.2. The lowest BCUT2D eigenvalue weighted by Crippen LogP contribution is -2.12. The Balaban J connectivity index is 2.11. The standard InChI is InChI=1S/C16H10FNO3/c17-12-8-6-11(7-9-12)15(19)13-14(18-21-16(13)20)10-4-2-1-3-5-10/h1-9,18H. The van der Waals surface area contributed by atoms with E-state index in [2.05, 4.69) is 5.16 Å². The number of aromatic amines is 1. The van der Waals surface area contributed by atoms with E-state index in [0.29, 0.717) is 11.3 Å². The van der Waals surface area contributed by atoms with Crippen LogP contribution in [0, 0.1) is 5.82 Å². The molecule has 1 aromatic heterocycles. The molecule has 0 saturated carbocycles. The van der Waals surface area contributed by atoms with Gasteiger partial charge >= 0.3 is 5.63 Å². The van der Waals surface area contributed by atoms with Gasteiger partial charge in [-0.05, 0) is 24.3 Å². The fourth-order valence-corrected chi connectivity index (χ4v) is 2.06.